The molecule has 136 valence electrons. The number of ether oxygens (including phenoxy) is 3. The van der Waals surface area contributed by atoms with Gasteiger partial charge < -0.3 is 14.2 Å². The standard InChI is InChI=1S/C20H26O5/c1-6-9(2)18(21)24-17-16-13-10(3)7-8-12-11(4)19(22)23-15(12)14(13)20(17,5)25-16/h9,12,14-17H,4,6-8H2,1-3,5H3/t9?,12-,14?,15+,16-,17-,20+/m1/s1. The second-order valence-electron chi connectivity index (χ2n) is 8.14. The van der Waals surface area contributed by atoms with Crippen molar-refractivity contribution in [3.8, 4) is 0 Å². The molecule has 5 rings (SSSR count). The fourth-order valence-electron chi connectivity index (χ4n) is 4.98. The minimum atomic E-state index is -0.622. The molecule has 5 nitrogen and oxygen atoms in total. The van der Waals surface area contributed by atoms with Gasteiger partial charge in [-0.3, -0.25) is 4.79 Å². The summed E-state index contributed by atoms with van der Waals surface area (Å²) in [4.78, 5) is 24.4. The molecule has 0 N–H and O–H groups in total. The van der Waals surface area contributed by atoms with Crippen LogP contribution in [0, 0.1) is 17.8 Å². The Balaban J connectivity index is 1.68. The second kappa shape index (κ2) is 5.44. The summed E-state index contributed by atoms with van der Waals surface area (Å²) in [7, 11) is 0. The number of carbonyl (C=O) groups excluding carboxylic acids is 2. The van der Waals surface area contributed by atoms with Crippen molar-refractivity contribution in [1.29, 1.82) is 0 Å². The van der Waals surface area contributed by atoms with Crippen molar-refractivity contribution in [3.05, 3.63) is 23.3 Å². The lowest BCUT2D eigenvalue weighted by Gasteiger charge is -2.46. The van der Waals surface area contributed by atoms with Crippen LogP contribution >= 0.6 is 0 Å². The molecule has 0 radical (unpaired) electrons. The molecule has 2 aliphatic carbocycles. The monoisotopic (exact) mass is 346 g/mol. The minimum absolute atomic E-state index is 0.0237. The van der Waals surface area contributed by atoms with E-state index in [9.17, 15) is 9.59 Å². The van der Waals surface area contributed by atoms with Gasteiger partial charge >= 0.3 is 11.9 Å². The van der Waals surface area contributed by atoms with Crippen LogP contribution in [0.3, 0.4) is 0 Å². The molecule has 2 bridgehead atoms. The maximum Gasteiger partial charge on any atom is 0.334 e. The molecule has 3 heterocycles. The number of fused-ring (bicyclic) bond motifs is 1. The highest BCUT2D eigenvalue weighted by Gasteiger charge is 2.73. The van der Waals surface area contributed by atoms with E-state index < -0.39 is 5.60 Å². The van der Waals surface area contributed by atoms with E-state index in [1.165, 1.54) is 11.1 Å². The number of rotatable bonds is 3. The summed E-state index contributed by atoms with van der Waals surface area (Å²) < 4.78 is 17.7. The summed E-state index contributed by atoms with van der Waals surface area (Å²) in [6, 6.07) is 0. The highest BCUT2D eigenvalue weighted by atomic mass is 16.6. The highest BCUT2D eigenvalue weighted by Crippen LogP contribution is 2.62. The highest BCUT2D eigenvalue weighted by molar-refractivity contribution is 5.91. The van der Waals surface area contributed by atoms with E-state index >= 15 is 0 Å². The Bertz CT molecular complexity index is 692. The number of carbonyl (C=O) groups is 2. The van der Waals surface area contributed by atoms with Gasteiger partial charge in [-0.25, -0.2) is 4.79 Å². The lowest BCUT2D eigenvalue weighted by molar-refractivity contribution is -0.262. The Morgan fingerprint density at radius 1 is 1.48 bits per heavy atom. The Hall–Kier alpha value is -1.62. The summed E-state index contributed by atoms with van der Waals surface area (Å²) in [6.07, 6.45) is 1.77. The number of hydrogen-bond acceptors (Lipinski definition) is 5. The molecule has 3 saturated heterocycles. The molecule has 0 spiro atoms. The molecule has 0 aromatic heterocycles. The molecule has 0 amide bonds. The molecule has 5 heteroatoms. The Morgan fingerprint density at radius 3 is 2.88 bits per heavy atom. The van der Waals surface area contributed by atoms with Gasteiger partial charge in [-0.05, 0) is 38.7 Å². The lowest BCUT2D eigenvalue weighted by Crippen LogP contribution is -2.61. The maximum atomic E-state index is 12.3. The zero-order valence-corrected chi connectivity index (χ0v) is 15.3. The van der Waals surface area contributed by atoms with Crippen LogP contribution < -0.4 is 0 Å². The fraction of sp³-hybridized carbons (Fsp3) is 0.700. The first-order valence-corrected chi connectivity index (χ1v) is 9.27. The number of hydrogen-bond donors (Lipinski definition) is 0. The van der Waals surface area contributed by atoms with Gasteiger partial charge in [0.25, 0.3) is 0 Å². The van der Waals surface area contributed by atoms with Crippen molar-refractivity contribution in [2.75, 3.05) is 0 Å². The van der Waals surface area contributed by atoms with Gasteiger partial charge in [-0.1, -0.05) is 26.0 Å². The first-order chi connectivity index (χ1) is 11.8. The third-order valence-electron chi connectivity index (χ3n) is 6.74. The molecule has 25 heavy (non-hydrogen) atoms. The van der Waals surface area contributed by atoms with Crippen LogP contribution in [0.15, 0.2) is 23.3 Å². The van der Waals surface area contributed by atoms with Gasteiger partial charge in [0, 0.05) is 11.5 Å². The van der Waals surface area contributed by atoms with E-state index in [0.717, 1.165) is 19.3 Å². The van der Waals surface area contributed by atoms with Crippen molar-refractivity contribution in [1.82, 2.24) is 0 Å². The maximum absolute atomic E-state index is 12.3. The van der Waals surface area contributed by atoms with Crippen molar-refractivity contribution in [2.45, 2.75) is 70.9 Å². The van der Waals surface area contributed by atoms with Gasteiger partial charge in [0.15, 0.2) is 6.10 Å². The largest absolute Gasteiger partial charge is 0.458 e. The number of esters is 2. The molecule has 4 fully saturated rings. The van der Waals surface area contributed by atoms with E-state index in [0.29, 0.717) is 5.57 Å². The zero-order chi connectivity index (χ0) is 18.1. The van der Waals surface area contributed by atoms with E-state index in [-0.39, 0.29) is 48.0 Å². The van der Waals surface area contributed by atoms with E-state index in [4.69, 9.17) is 14.2 Å². The summed E-state index contributed by atoms with van der Waals surface area (Å²) in [5, 5.41) is 0. The summed E-state index contributed by atoms with van der Waals surface area (Å²) in [5.74, 6) is -0.625. The second-order valence-corrected chi connectivity index (χ2v) is 8.14. The number of allylic oxidation sites excluding steroid dienone is 1. The Kier molecular flexibility index (Phi) is 3.66. The topological polar surface area (TPSA) is 61.8 Å². The molecule has 0 aromatic carbocycles. The molecule has 3 aliphatic heterocycles. The first-order valence-electron chi connectivity index (χ1n) is 9.27. The van der Waals surface area contributed by atoms with Gasteiger partial charge in [0.1, 0.15) is 17.8 Å². The average molecular weight is 346 g/mol. The predicted octanol–water partition coefficient (Wildman–Crippen LogP) is 2.94. The van der Waals surface area contributed by atoms with E-state index in [1.807, 2.05) is 20.8 Å². The van der Waals surface area contributed by atoms with Crippen LogP contribution in [0.5, 0.6) is 0 Å². The summed E-state index contributed by atoms with van der Waals surface area (Å²) in [5.41, 5.74) is 2.40. The van der Waals surface area contributed by atoms with Crippen molar-refractivity contribution in [2.24, 2.45) is 17.8 Å². The van der Waals surface area contributed by atoms with Gasteiger partial charge in [-0.2, -0.15) is 0 Å². The Morgan fingerprint density at radius 2 is 2.20 bits per heavy atom. The minimum Gasteiger partial charge on any atom is -0.458 e. The van der Waals surface area contributed by atoms with Crippen molar-refractivity contribution >= 4 is 11.9 Å². The Labute approximate surface area is 148 Å². The third-order valence-corrected chi connectivity index (χ3v) is 6.74. The summed E-state index contributed by atoms with van der Waals surface area (Å²) >= 11 is 0. The molecule has 1 saturated carbocycles. The predicted molar refractivity (Wildman–Crippen MR) is 90.5 cm³/mol. The normalized spacial score (nSPS) is 43.0. The average Bonchev–Trinajstić information content (AvgIpc) is 3.09. The fourth-order valence-corrected chi connectivity index (χ4v) is 4.98. The molecule has 0 aromatic rings. The lowest BCUT2D eigenvalue weighted by atomic mass is 9.78. The molecule has 2 unspecified atom stereocenters. The smallest absolute Gasteiger partial charge is 0.334 e. The van der Waals surface area contributed by atoms with Crippen molar-refractivity contribution in [3.63, 3.8) is 0 Å². The zero-order valence-electron chi connectivity index (χ0n) is 15.3. The van der Waals surface area contributed by atoms with Crippen molar-refractivity contribution < 1.29 is 23.8 Å². The van der Waals surface area contributed by atoms with E-state index in [2.05, 4.69) is 13.5 Å². The van der Waals surface area contributed by atoms with Gasteiger partial charge in [0.05, 0.1) is 11.8 Å². The first kappa shape index (κ1) is 16.8. The summed E-state index contributed by atoms with van der Waals surface area (Å²) in [6.45, 7) is 11.9. The molecular weight excluding hydrogens is 320 g/mol. The van der Waals surface area contributed by atoms with Crippen LogP contribution in [-0.4, -0.2) is 35.9 Å². The SMILES string of the molecule is C=C1C(=O)O[C@@H]2C3C(=C(C)CC[C@H]12)[C@H]1O[C@]3(C)[C@@H]1OC(=O)C(C)CC. The van der Waals surface area contributed by atoms with Gasteiger partial charge in [0.2, 0.25) is 0 Å². The van der Waals surface area contributed by atoms with E-state index in [1.54, 1.807) is 0 Å². The van der Waals surface area contributed by atoms with Crippen LogP contribution in [-0.2, 0) is 23.8 Å². The molecular formula is C20H26O5. The molecule has 7 atom stereocenters. The third kappa shape index (κ3) is 2.11. The molecule has 5 aliphatic rings. The van der Waals surface area contributed by atoms with Crippen LogP contribution in [0.1, 0.15) is 47.0 Å². The van der Waals surface area contributed by atoms with Crippen LogP contribution in [0.2, 0.25) is 0 Å². The van der Waals surface area contributed by atoms with Gasteiger partial charge in [-0.15, -0.1) is 0 Å². The van der Waals surface area contributed by atoms with Crippen LogP contribution in [0.25, 0.3) is 0 Å². The van der Waals surface area contributed by atoms with Crippen LogP contribution in [0.4, 0.5) is 0 Å². The quantitative estimate of drug-likeness (QED) is 0.447.